The Hall–Kier alpha value is -4.02. The number of aryl methyl sites for hydroxylation is 1. The number of urea groups is 1. The zero-order chi connectivity index (χ0) is 22.8. The molecule has 1 atom stereocenters. The smallest absolute Gasteiger partial charge is 0.276 e. The Bertz CT molecular complexity index is 1080. The van der Waals surface area contributed by atoms with Gasteiger partial charge in [-0.1, -0.05) is 23.8 Å². The Morgan fingerprint density at radius 3 is 2.45 bits per heavy atom. The van der Waals surface area contributed by atoms with Crippen molar-refractivity contribution >= 4 is 35.7 Å². The third-order valence-electron chi connectivity index (χ3n) is 4.34. The van der Waals surface area contributed by atoms with Gasteiger partial charge >= 0.3 is 12.2 Å². The van der Waals surface area contributed by atoms with Gasteiger partial charge in [0.1, 0.15) is 0 Å². The van der Waals surface area contributed by atoms with Crippen LogP contribution in [-0.4, -0.2) is 30.0 Å². The number of hydrazone groups is 1. The topological polar surface area (TPSA) is 108 Å². The van der Waals surface area contributed by atoms with Gasteiger partial charge in [0.25, 0.3) is 11.8 Å². The first-order valence-corrected chi connectivity index (χ1v) is 8.84. The minimum atomic E-state index is -4.69. The monoisotopic (exact) mass is 432 g/mol. The number of imide groups is 2. The lowest BCUT2D eigenvalue weighted by Gasteiger charge is -2.28. The molecule has 0 aromatic heterocycles. The third kappa shape index (κ3) is 4.77. The van der Waals surface area contributed by atoms with Crippen LogP contribution in [0.2, 0.25) is 0 Å². The van der Waals surface area contributed by atoms with Gasteiger partial charge in [-0.15, -0.1) is 0 Å². The Labute approximate surface area is 173 Å². The molecule has 1 saturated heterocycles. The van der Waals surface area contributed by atoms with Crippen molar-refractivity contribution in [2.75, 3.05) is 4.90 Å². The van der Waals surface area contributed by atoms with E-state index >= 15 is 0 Å². The van der Waals surface area contributed by atoms with E-state index in [9.17, 15) is 32.3 Å². The van der Waals surface area contributed by atoms with E-state index in [0.717, 1.165) is 30.0 Å². The van der Waals surface area contributed by atoms with Crippen molar-refractivity contribution in [1.82, 2.24) is 10.7 Å². The second kappa shape index (κ2) is 8.38. The fourth-order valence-electron chi connectivity index (χ4n) is 2.73. The molecule has 11 heteroatoms. The number of alkyl halides is 3. The van der Waals surface area contributed by atoms with Crippen LogP contribution in [0.5, 0.6) is 0 Å². The van der Waals surface area contributed by atoms with E-state index in [1.807, 2.05) is 12.2 Å². The minimum Gasteiger partial charge on any atom is -0.276 e. The molecule has 3 rings (SSSR count). The van der Waals surface area contributed by atoms with Gasteiger partial charge in [-0.3, -0.25) is 19.7 Å². The molecule has 0 unspecified atom stereocenters. The molecule has 1 heterocycles. The van der Waals surface area contributed by atoms with Crippen LogP contribution in [0.1, 0.15) is 21.5 Å². The molecule has 2 N–H and O–H groups in total. The van der Waals surface area contributed by atoms with E-state index in [-0.39, 0.29) is 11.3 Å². The summed E-state index contributed by atoms with van der Waals surface area (Å²) < 4.78 is 38.9. The number of carbonyl (C=O) groups is 4. The van der Waals surface area contributed by atoms with Crippen LogP contribution in [0, 0.1) is 12.8 Å². The van der Waals surface area contributed by atoms with E-state index in [0.29, 0.717) is 11.0 Å². The van der Waals surface area contributed by atoms with Crippen molar-refractivity contribution in [3.05, 3.63) is 65.2 Å². The maximum absolute atomic E-state index is 13.0. The fourth-order valence-corrected chi connectivity index (χ4v) is 2.73. The average Bonchev–Trinajstić information content (AvgIpc) is 2.70. The Morgan fingerprint density at radius 2 is 1.81 bits per heavy atom. The summed E-state index contributed by atoms with van der Waals surface area (Å²) in [7, 11) is 0. The SMILES string of the molecule is Cc1ccc(C(=O)N/N=C\[C@@H]2C(=O)NC(=O)N(c3cccc(C(F)(F)F)c3)C2=O)cc1. The van der Waals surface area contributed by atoms with Crippen LogP contribution < -0.4 is 15.6 Å². The summed E-state index contributed by atoms with van der Waals surface area (Å²) in [6.45, 7) is 1.84. The maximum Gasteiger partial charge on any atom is 0.416 e. The van der Waals surface area contributed by atoms with E-state index in [1.54, 1.807) is 24.3 Å². The van der Waals surface area contributed by atoms with Gasteiger partial charge in [-0.2, -0.15) is 18.3 Å². The molecule has 1 aliphatic rings. The van der Waals surface area contributed by atoms with Crippen LogP contribution in [-0.2, 0) is 15.8 Å². The van der Waals surface area contributed by atoms with Crippen molar-refractivity contribution in [2.24, 2.45) is 11.0 Å². The quantitative estimate of drug-likeness (QED) is 0.440. The molecule has 160 valence electrons. The van der Waals surface area contributed by atoms with Crippen molar-refractivity contribution in [2.45, 2.75) is 13.1 Å². The van der Waals surface area contributed by atoms with Crippen molar-refractivity contribution in [3.63, 3.8) is 0 Å². The number of barbiturate groups is 1. The molecule has 1 fully saturated rings. The molecule has 0 radical (unpaired) electrons. The highest BCUT2D eigenvalue weighted by atomic mass is 19.4. The lowest BCUT2D eigenvalue weighted by Crippen LogP contribution is -2.58. The summed E-state index contributed by atoms with van der Waals surface area (Å²) in [5, 5.41) is 5.47. The number of rotatable bonds is 4. The van der Waals surface area contributed by atoms with Gasteiger partial charge in [-0.05, 0) is 37.3 Å². The normalized spacial score (nSPS) is 17.1. The van der Waals surface area contributed by atoms with Gasteiger partial charge in [0.15, 0.2) is 5.92 Å². The van der Waals surface area contributed by atoms with Crippen molar-refractivity contribution < 1.29 is 32.3 Å². The summed E-state index contributed by atoms with van der Waals surface area (Å²) in [5.41, 5.74) is 1.92. The molecule has 0 saturated carbocycles. The number of amides is 5. The van der Waals surface area contributed by atoms with Gasteiger partial charge in [0, 0.05) is 11.8 Å². The van der Waals surface area contributed by atoms with Gasteiger partial charge < -0.3 is 0 Å². The molecule has 31 heavy (non-hydrogen) atoms. The number of halogens is 3. The van der Waals surface area contributed by atoms with Crippen LogP contribution in [0.25, 0.3) is 0 Å². The summed E-state index contributed by atoms with van der Waals surface area (Å²) in [6, 6.07) is 8.85. The van der Waals surface area contributed by atoms with Crippen LogP contribution in [0.4, 0.5) is 23.7 Å². The molecule has 0 bridgehead atoms. The lowest BCUT2D eigenvalue weighted by atomic mass is 10.1. The minimum absolute atomic E-state index is 0.281. The maximum atomic E-state index is 13.0. The van der Waals surface area contributed by atoms with E-state index in [4.69, 9.17) is 0 Å². The Morgan fingerprint density at radius 1 is 1.13 bits per heavy atom. The molecule has 0 spiro atoms. The number of carbonyl (C=O) groups excluding carboxylic acids is 4. The number of hydrogen-bond donors (Lipinski definition) is 2. The zero-order valence-corrected chi connectivity index (χ0v) is 15.9. The predicted octanol–water partition coefficient (Wildman–Crippen LogP) is 2.63. The standard InChI is InChI=1S/C20H15F3N4O4/c1-11-5-7-12(8-6-11)16(28)26-24-10-15-17(29)25-19(31)27(18(15)30)14-4-2-3-13(9-14)20(21,22)23/h2-10,15H,1H3,(H,26,28)(H,25,29,31)/b24-10-/t15-/m1/s1. The number of nitrogens with one attached hydrogen (secondary N) is 2. The van der Waals surface area contributed by atoms with Gasteiger partial charge in [0.05, 0.1) is 11.3 Å². The van der Waals surface area contributed by atoms with Crippen LogP contribution >= 0.6 is 0 Å². The molecule has 2 aromatic rings. The summed E-state index contributed by atoms with van der Waals surface area (Å²) in [4.78, 5) is 49.2. The predicted molar refractivity (Wildman–Crippen MR) is 103 cm³/mol. The molecule has 5 amide bonds. The molecule has 0 aliphatic carbocycles. The summed E-state index contributed by atoms with van der Waals surface area (Å²) in [5.74, 6) is -4.37. The van der Waals surface area contributed by atoms with Gasteiger partial charge in [0.2, 0.25) is 5.91 Å². The summed E-state index contributed by atoms with van der Waals surface area (Å²) >= 11 is 0. The first-order chi connectivity index (χ1) is 14.6. The van der Waals surface area contributed by atoms with E-state index in [2.05, 4.69) is 10.5 Å². The lowest BCUT2D eigenvalue weighted by molar-refractivity contribution is -0.138. The average molecular weight is 432 g/mol. The third-order valence-corrected chi connectivity index (χ3v) is 4.34. The van der Waals surface area contributed by atoms with Crippen molar-refractivity contribution in [3.8, 4) is 0 Å². The highest BCUT2D eigenvalue weighted by Crippen LogP contribution is 2.32. The largest absolute Gasteiger partial charge is 0.416 e. The first-order valence-electron chi connectivity index (χ1n) is 8.84. The van der Waals surface area contributed by atoms with E-state index < -0.39 is 41.4 Å². The fraction of sp³-hybridized carbons (Fsp3) is 0.150. The molecular weight excluding hydrogens is 417 g/mol. The van der Waals surface area contributed by atoms with Gasteiger partial charge in [-0.25, -0.2) is 15.1 Å². The van der Waals surface area contributed by atoms with Crippen molar-refractivity contribution in [1.29, 1.82) is 0 Å². The summed E-state index contributed by atoms with van der Waals surface area (Å²) in [6.07, 6.45) is -3.89. The number of benzene rings is 2. The van der Waals surface area contributed by atoms with E-state index in [1.165, 1.54) is 0 Å². The Balaban J connectivity index is 1.79. The highest BCUT2D eigenvalue weighted by Gasteiger charge is 2.41. The second-order valence-electron chi connectivity index (χ2n) is 6.58. The van der Waals surface area contributed by atoms with Crippen LogP contribution in [0.15, 0.2) is 53.6 Å². The second-order valence-corrected chi connectivity index (χ2v) is 6.58. The Kier molecular flexibility index (Phi) is 5.86. The number of nitrogens with zero attached hydrogens (tertiary/aromatic N) is 2. The number of anilines is 1. The zero-order valence-electron chi connectivity index (χ0n) is 15.9. The highest BCUT2D eigenvalue weighted by molar-refractivity contribution is 6.32. The first kappa shape index (κ1) is 21.7. The molecule has 2 aromatic carbocycles. The molecular formula is C20H15F3N4O4. The van der Waals surface area contributed by atoms with Crippen LogP contribution in [0.3, 0.4) is 0 Å². The molecule has 1 aliphatic heterocycles. The molecule has 8 nitrogen and oxygen atoms in total. The number of hydrogen-bond acceptors (Lipinski definition) is 5.